The molecule has 0 aliphatic rings. The Morgan fingerprint density at radius 3 is 1.39 bits per heavy atom. The summed E-state index contributed by atoms with van der Waals surface area (Å²) in [6.45, 7) is 21.4. The Kier molecular flexibility index (Phi) is 6.88. The van der Waals surface area contributed by atoms with Crippen molar-refractivity contribution < 1.29 is 4.79 Å². The fraction of sp³-hybridized carbons (Fsp3) is 0.500. The lowest BCUT2D eigenvalue weighted by Gasteiger charge is -2.39. The second kappa shape index (κ2) is 8.61. The molecule has 1 atom stereocenters. The van der Waals surface area contributed by atoms with Gasteiger partial charge in [0.1, 0.15) is 0 Å². The van der Waals surface area contributed by atoms with Gasteiger partial charge < -0.3 is 0 Å². The van der Waals surface area contributed by atoms with Gasteiger partial charge in [-0.15, -0.1) is 0 Å². The first-order chi connectivity index (χ1) is 13.0. The van der Waals surface area contributed by atoms with E-state index in [1.165, 1.54) is 22.3 Å². The summed E-state index contributed by atoms with van der Waals surface area (Å²) < 4.78 is 0. The second-order valence-electron chi connectivity index (χ2n) is 8.99. The maximum Gasteiger partial charge on any atom is 0.185 e. The molecular formula is C26H37NO. The van der Waals surface area contributed by atoms with Gasteiger partial charge in [-0.2, -0.15) is 0 Å². The quantitative estimate of drug-likeness (QED) is 0.528. The minimum atomic E-state index is -0.277. The zero-order chi connectivity index (χ0) is 21.3. The van der Waals surface area contributed by atoms with Crippen molar-refractivity contribution in [2.45, 2.75) is 87.4 Å². The molecule has 2 aromatic carbocycles. The predicted octanol–water partition coefficient (Wildman–Crippen LogP) is 6.58. The van der Waals surface area contributed by atoms with Crippen molar-refractivity contribution in [2.75, 3.05) is 0 Å². The van der Waals surface area contributed by atoms with Crippen molar-refractivity contribution in [3.8, 4) is 0 Å². The molecule has 152 valence electrons. The zero-order valence-corrected chi connectivity index (χ0v) is 19.4. The molecule has 0 spiro atoms. The minimum absolute atomic E-state index is 0.215. The number of ketones is 1. The molecule has 1 unspecified atom stereocenters. The lowest BCUT2D eigenvalue weighted by molar-refractivity contribution is 0.0667. The van der Waals surface area contributed by atoms with Crippen LogP contribution in [0, 0.1) is 41.5 Å². The molecule has 0 aliphatic heterocycles. The van der Waals surface area contributed by atoms with Crippen LogP contribution in [0.2, 0.25) is 0 Å². The Balaban J connectivity index is 2.79. The monoisotopic (exact) mass is 379 g/mol. The van der Waals surface area contributed by atoms with E-state index in [-0.39, 0.29) is 23.9 Å². The molecule has 2 heteroatoms. The molecule has 0 aromatic heterocycles. The van der Waals surface area contributed by atoms with Crippen LogP contribution >= 0.6 is 0 Å². The number of carbonyl (C=O) groups is 1. The highest BCUT2D eigenvalue weighted by molar-refractivity contribution is 6.03. The highest BCUT2D eigenvalue weighted by Crippen LogP contribution is 2.35. The van der Waals surface area contributed by atoms with Crippen LogP contribution in [0.15, 0.2) is 24.3 Å². The number of carbonyl (C=O) groups excluding carboxylic acids is 1. The lowest BCUT2D eigenvalue weighted by atomic mass is 9.84. The molecule has 0 radical (unpaired) electrons. The van der Waals surface area contributed by atoms with Gasteiger partial charge in [-0.1, -0.05) is 35.4 Å². The van der Waals surface area contributed by atoms with E-state index in [1.54, 1.807) is 0 Å². The molecule has 28 heavy (non-hydrogen) atoms. The standard InChI is InChI=1S/C26H37NO/c1-15(2)27(16(3)4)25(23-19(7)11-17(5)12-20(23)8)26(28)24-21(9)13-18(6)14-22(24)10/h11-16,25H,1-10H3. The van der Waals surface area contributed by atoms with Crippen LogP contribution in [0.3, 0.4) is 0 Å². The van der Waals surface area contributed by atoms with Crippen molar-refractivity contribution in [2.24, 2.45) is 0 Å². The van der Waals surface area contributed by atoms with Crippen molar-refractivity contribution >= 4 is 5.78 Å². The summed E-state index contributed by atoms with van der Waals surface area (Å²) in [5, 5.41) is 0. The molecule has 0 amide bonds. The minimum Gasteiger partial charge on any atom is -0.292 e. The van der Waals surface area contributed by atoms with Crippen LogP contribution < -0.4 is 0 Å². The van der Waals surface area contributed by atoms with Crippen LogP contribution in [0.4, 0.5) is 0 Å². The summed E-state index contributed by atoms with van der Waals surface area (Å²) >= 11 is 0. The maximum absolute atomic E-state index is 14.1. The largest absolute Gasteiger partial charge is 0.292 e. The van der Waals surface area contributed by atoms with Crippen molar-refractivity contribution in [1.29, 1.82) is 0 Å². The Morgan fingerprint density at radius 1 is 0.679 bits per heavy atom. The Bertz CT molecular complexity index is 822. The Hall–Kier alpha value is -1.93. The molecule has 2 rings (SSSR count). The molecule has 0 heterocycles. The first-order valence-corrected chi connectivity index (χ1v) is 10.4. The van der Waals surface area contributed by atoms with Gasteiger partial charge in [-0.25, -0.2) is 0 Å². The third-order valence-electron chi connectivity index (χ3n) is 5.67. The number of aryl methyl sites for hydroxylation is 6. The molecular weight excluding hydrogens is 342 g/mol. The van der Waals surface area contributed by atoms with Gasteiger partial charge in [0, 0.05) is 17.6 Å². The van der Waals surface area contributed by atoms with E-state index in [1.807, 2.05) is 0 Å². The van der Waals surface area contributed by atoms with Crippen molar-refractivity contribution in [1.82, 2.24) is 4.90 Å². The third kappa shape index (κ3) is 4.38. The molecule has 0 fully saturated rings. The molecule has 0 N–H and O–H groups in total. The highest BCUT2D eigenvalue weighted by atomic mass is 16.1. The maximum atomic E-state index is 14.1. The summed E-state index contributed by atoms with van der Waals surface area (Å²) in [6.07, 6.45) is 0. The molecule has 2 nitrogen and oxygen atoms in total. The smallest absolute Gasteiger partial charge is 0.185 e. The number of nitrogens with zero attached hydrogens (tertiary/aromatic N) is 1. The van der Waals surface area contributed by atoms with Gasteiger partial charge >= 0.3 is 0 Å². The van der Waals surface area contributed by atoms with Gasteiger partial charge in [-0.05, 0) is 97.1 Å². The van der Waals surface area contributed by atoms with Gasteiger partial charge in [0.2, 0.25) is 0 Å². The van der Waals surface area contributed by atoms with Gasteiger partial charge in [-0.3, -0.25) is 9.69 Å². The topological polar surface area (TPSA) is 20.3 Å². The van der Waals surface area contributed by atoms with Crippen LogP contribution in [-0.4, -0.2) is 22.8 Å². The molecule has 0 saturated carbocycles. The fourth-order valence-electron chi connectivity index (χ4n) is 4.94. The summed E-state index contributed by atoms with van der Waals surface area (Å²) in [7, 11) is 0. The van der Waals surface area contributed by atoms with Crippen molar-refractivity contribution in [3.63, 3.8) is 0 Å². The van der Waals surface area contributed by atoms with Crippen LogP contribution in [0.25, 0.3) is 0 Å². The van der Waals surface area contributed by atoms with Gasteiger partial charge in [0.25, 0.3) is 0 Å². The number of Topliss-reactive ketones (excluding diaryl/α,β-unsaturated/α-hetero) is 1. The average molecular weight is 380 g/mol. The first-order valence-electron chi connectivity index (χ1n) is 10.4. The third-order valence-corrected chi connectivity index (χ3v) is 5.67. The van der Waals surface area contributed by atoms with E-state index in [2.05, 4.69) is 98.4 Å². The normalized spacial score (nSPS) is 12.9. The average Bonchev–Trinajstić information content (AvgIpc) is 2.50. The van der Waals surface area contributed by atoms with E-state index in [9.17, 15) is 4.79 Å². The summed E-state index contributed by atoms with van der Waals surface area (Å²) in [4.78, 5) is 16.5. The fourth-order valence-corrected chi connectivity index (χ4v) is 4.94. The first kappa shape index (κ1) is 22.4. The lowest BCUT2D eigenvalue weighted by Crippen LogP contribution is -2.44. The Morgan fingerprint density at radius 2 is 1.04 bits per heavy atom. The zero-order valence-electron chi connectivity index (χ0n) is 19.4. The summed E-state index contributed by atoms with van der Waals surface area (Å²) in [5.41, 5.74) is 9.03. The summed E-state index contributed by atoms with van der Waals surface area (Å²) in [5.74, 6) is 0.215. The van der Waals surface area contributed by atoms with E-state index < -0.39 is 0 Å². The number of benzene rings is 2. The SMILES string of the molecule is Cc1cc(C)c(C(=O)C(c2c(C)cc(C)cc2C)N(C(C)C)C(C)C)c(C)c1. The van der Waals surface area contributed by atoms with Crippen LogP contribution in [-0.2, 0) is 0 Å². The van der Waals surface area contributed by atoms with E-state index >= 15 is 0 Å². The predicted molar refractivity (Wildman–Crippen MR) is 120 cm³/mol. The van der Waals surface area contributed by atoms with E-state index in [4.69, 9.17) is 0 Å². The van der Waals surface area contributed by atoms with Gasteiger partial charge in [0.15, 0.2) is 5.78 Å². The molecule has 0 aliphatic carbocycles. The van der Waals surface area contributed by atoms with E-state index in [0.717, 1.165) is 22.3 Å². The van der Waals surface area contributed by atoms with Gasteiger partial charge in [0.05, 0.1) is 6.04 Å². The number of rotatable bonds is 6. The Labute approximate surface area is 172 Å². The molecule has 0 bridgehead atoms. The number of hydrogen-bond acceptors (Lipinski definition) is 2. The second-order valence-corrected chi connectivity index (χ2v) is 8.99. The highest BCUT2D eigenvalue weighted by Gasteiger charge is 2.35. The molecule has 2 aromatic rings. The van der Waals surface area contributed by atoms with Crippen LogP contribution in [0.5, 0.6) is 0 Å². The van der Waals surface area contributed by atoms with Crippen molar-refractivity contribution in [3.05, 3.63) is 68.8 Å². The van der Waals surface area contributed by atoms with Crippen LogP contribution in [0.1, 0.15) is 83.0 Å². The summed E-state index contributed by atoms with van der Waals surface area (Å²) in [6, 6.07) is 8.91. The van der Waals surface area contributed by atoms with E-state index in [0.29, 0.717) is 0 Å². The number of hydrogen-bond donors (Lipinski definition) is 0. The molecule has 0 saturated heterocycles.